The number of rotatable bonds is 9. The summed E-state index contributed by atoms with van der Waals surface area (Å²) in [5, 5.41) is 20.2. The molecule has 0 radical (unpaired) electrons. The molecule has 1 saturated heterocycles. The van der Waals surface area contributed by atoms with Gasteiger partial charge in [-0.3, -0.25) is 0 Å². The first kappa shape index (κ1) is 22.1. The van der Waals surface area contributed by atoms with E-state index in [0.717, 1.165) is 24.0 Å². The standard InChI is InChI=1S/C22H31ClO4/c1-3-6-16(7-5-10-26-4-2)11-18-12-17(8-9-21(18)23)22-14-19(25)13-20(15-24)27-22/h5-9,12,19-20,22,24-25H,3-4,10-11,13-15H2,1-2H3/b7-5-,16-6+. The summed E-state index contributed by atoms with van der Waals surface area (Å²) in [4.78, 5) is 0. The fraction of sp³-hybridized carbons (Fsp3) is 0.545. The molecule has 2 N–H and O–H groups in total. The molecule has 3 unspecified atom stereocenters. The Bertz CT molecular complexity index is 641. The number of allylic oxidation sites excluding steroid dienone is 3. The second-order valence-corrected chi connectivity index (χ2v) is 7.24. The van der Waals surface area contributed by atoms with Crippen molar-refractivity contribution in [2.75, 3.05) is 19.8 Å². The molecule has 2 rings (SSSR count). The average Bonchev–Trinajstić information content (AvgIpc) is 2.66. The Morgan fingerprint density at radius 1 is 1.33 bits per heavy atom. The summed E-state index contributed by atoms with van der Waals surface area (Å²) >= 11 is 6.44. The number of halogens is 1. The van der Waals surface area contributed by atoms with Crippen LogP contribution in [0, 0.1) is 0 Å². The lowest BCUT2D eigenvalue weighted by molar-refractivity contribution is -0.113. The largest absolute Gasteiger partial charge is 0.394 e. The first-order valence-corrected chi connectivity index (χ1v) is 10.1. The highest BCUT2D eigenvalue weighted by atomic mass is 35.5. The van der Waals surface area contributed by atoms with Crippen molar-refractivity contribution in [1.29, 1.82) is 0 Å². The molecule has 1 aromatic rings. The molecule has 3 atom stereocenters. The normalized spacial score (nSPS) is 23.9. The monoisotopic (exact) mass is 394 g/mol. The fourth-order valence-corrected chi connectivity index (χ4v) is 3.50. The first-order valence-electron chi connectivity index (χ1n) is 9.73. The zero-order valence-electron chi connectivity index (χ0n) is 16.2. The molecule has 150 valence electrons. The summed E-state index contributed by atoms with van der Waals surface area (Å²) in [6.07, 6.45) is 7.96. The number of ether oxygens (including phenoxy) is 2. The van der Waals surface area contributed by atoms with E-state index in [1.54, 1.807) is 0 Å². The van der Waals surface area contributed by atoms with Gasteiger partial charge in [0.15, 0.2) is 0 Å². The van der Waals surface area contributed by atoms with E-state index in [1.165, 1.54) is 5.57 Å². The lowest BCUT2D eigenvalue weighted by Gasteiger charge is -2.32. The number of benzene rings is 1. The third-order valence-electron chi connectivity index (χ3n) is 4.63. The molecule has 0 spiro atoms. The summed E-state index contributed by atoms with van der Waals surface area (Å²) < 4.78 is 11.3. The predicted molar refractivity (Wildman–Crippen MR) is 109 cm³/mol. The SMILES string of the molecule is CC/C=C(\C=C/COCC)Cc1cc(C2CC(O)CC(CO)O2)ccc1Cl. The minimum atomic E-state index is -0.461. The highest BCUT2D eigenvalue weighted by Crippen LogP contribution is 2.33. The van der Waals surface area contributed by atoms with Crippen LogP contribution in [0.15, 0.2) is 42.0 Å². The average molecular weight is 395 g/mol. The molecular formula is C22H31ClO4. The van der Waals surface area contributed by atoms with Crippen molar-refractivity contribution >= 4 is 11.6 Å². The van der Waals surface area contributed by atoms with E-state index < -0.39 is 6.10 Å². The second-order valence-electron chi connectivity index (χ2n) is 6.83. The minimum Gasteiger partial charge on any atom is -0.394 e. The van der Waals surface area contributed by atoms with Crippen LogP contribution in [-0.4, -0.2) is 42.2 Å². The second kappa shape index (κ2) is 11.6. The third-order valence-corrected chi connectivity index (χ3v) is 5.00. The van der Waals surface area contributed by atoms with Gasteiger partial charge in [0.1, 0.15) is 0 Å². The van der Waals surface area contributed by atoms with E-state index in [4.69, 9.17) is 21.1 Å². The highest BCUT2D eigenvalue weighted by Gasteiger charge is 2.29. The van der Waals surface area contributed by atoms with Gasteiger partial charge in [-0.1, -0.05) is 48.9 Å². The maximum absolute atomic E-state index is 10.1. The van der Waals surface area contributed by atoms with Crippen molar-refractivity contribution in [3.05, 3.63) is 58.1 Å². The van der Waals surface area contributed by atoms with Gasteiger partial charge in [0.05, 0.1) is 31.5 Å². The molecule has 5 heteroatoms. The van der Waals surface area contributed by atoms with Crippen LogP contribution in [0.2, 0.25) is 5.02 Å². The van der Waals surface area contributed by atoms with Crippen LogP contribution < -0.4 is 0 Å². The van der Waals surface area contributed by atoms with Crippen LogP contribution in [0.1, 0.15) is 50.3 Å². The summed E-state index contributed by atoms with van der Waals surface area (Å²) in [6, 6.07) is 5.88. The molecular weight excluding hydrogens is 364 g/mol. The number of hydrogen-bond acceptors (Lipinski definition) is 4. The van der Waals surface area contributed by atoms with Gasteiger partial charge in [-0.05, 0) is 42.5 Å². The van der Waals surface area contributed by atoms with Crippen LogP contribution in [0.5, 0.6) is 0 Å². The summed E-state index contributed by atoms with van der Waals surface area (Å²) in [5.74, 6) is 0. The molecule has 1 heterocycles. The summed E-state index contributed by atoms with van der Waals surface area (Å²) in [5.41, 5.74) is 3.20. The Labute approximate surface area is 167 Å². The Balaban J connectivity index is 2.15. The van der Waals surface area contributed by atoms with Gasteiger partial charge >= 0.3 is 0 Å². The molecule has 1 aliphatic rings. The Hall–Kier alpha value is -1.17. The van der Waals surface area contributed by atoms with E-state index in [2.05, 4.69) is 25.1 Å². The molecule has 4 nitrogen and oxygen atoms in total. The van der Waals surface area contributed by atoms with Gasteiger partial charge in [-0.25, -0.2) is 0 Å². The molecule has 0 amide bonds. The smallest absolute Gasteiger partial charge is 0.0854 e. The van der Waals surface area contributed by atoms with E-state index in [9.17, 15) is 10.2 Å². The Morgan fingerprint density at radius 3 is 2.85 bits per heavy atom. The topological polar surface area (TPSA) is 58.9 Å². The van der Waals surface area contributed by atoms with Crippen LogP contribution in [0.25, 0.3) is 0 Å². The van der Waals surface area contributed by atoms with Crippen molar-refractivity contribution in [2.45, 2.75) is 57.8 Å². The van der Waals surface area contributed by atoms with Crippen molar-refractivity contribution in [1.82, 2.24) is 0 Å². The number of aliphatic hydroxyl groups excluding tert-OH is 2. The maximum atomic E-state index is 10.1. The van der Waals surface area contributed by atoms with Gasteiger partial charge < -0.3 is 19.7 Å². The molecule has 1 aliphatic heterocycles. The van der Waals surface area contributed by atoms with E-state index in [-0.39, 0.29) is 18.8 Å². The van der Waals surface area contributed by atoms with Gasteiger partial charge in [0, 0.05) is 24.5 Å². The van der Waals surface area contributed by atoms with Crippen LogP contribution in [0.4, 0.5) is 0 Å². The van der Waals surface area contributed by atoms with Crippen LogP contribution >= 0.6 is 11.6 Å². The zero-order chi connectivity index (χ0) is 19.6. The Morgan fingerprint density at radius 2 is 2.15 bits per heavy atom. The molecule has 0 saturated carbocycles. The number of aliphatic hydroxyl groups is 2. The molecule has 27 heavy (non-hydrogen) atoms. The van der Waals surface area contributed by atoms with Crippen molar-refractivity contribution < 1.29 is 19.7 Å². The lowest BCUT2D eigenvalue weighted by atomic mass is 9.94. The van der Waals surface area contributed by atoms with Crippen molar-refractivity contribution in [2.24, 2.45) is 0 Å². The van der Waals surface area contributed by atoms with Crippen LogP contribution in [-0.2, 0) is 15.9 Å². The van der Waals surface area contributed by atoms with Gasteiger partial charge in [0.25, 0.3) is 0 Å². The zero-order valence-corrected chi connectivity index (χ0v) is 17.0. The highest BCUT2D eigenvalue weighted by molar-refractivity contribution is 6.31. The van der Waals surface area contributed by atoms with Crippen molar-refractivity contribution in [3.8, 4) is 0 Å². The molecule has 0 bridgehead atoms. The minimum absolute atomic E-state index is 0.0813. The fourth-order valence-electron chi connectivity index (χ4n) is 3.32. The maximum Gasteiger partial charge on any atom is 0.0854 e. The summed E-state index contributed by atoms with van der Waals surface area (Å²) in [6.45, 7) is 5.31. The van der Waals surface area contributed by atoms with Crippen LogP contribution in [0.3, 0.4) is 0 Å². The molecule has 1 fully saturated rings. The quantitative estimate of drug-likeness (QED) is 0.482. The number of hydrogen-bond donors (Lipinski definition) is 2. The van der Waals surface area contributed by atoms with Crippen molar-refractivity contribution in [3.63, 3.8) is 0 Å². The van der Waals surface area contributed by atoms with Gasteiger partial charge in [0.2, 0.25) is 0 Å². The van der Waals surface area contributed by atoms with Gasteiger partial charge in [-0.2, -0.15) is 0 Å². The van der Waals surface area contributed by atoms with E-state index in [0.29, 0.717) is 31.1 Å². The third kappa shape index (κ3) is 7.05. The van der Waals surface area contributed by atoms with E-state index >= 15 is 0 Å². The molecule has 1 aromatic carbocycles. The Kier molecular flexibility index (Phi) is 9.52. The predicted octanol–water partition coefficient (Wildman–Crippen LogP) is 4.38. The lowest BCUT2D eigenvalue weighted by Crippen LogP contribution is -2.33. The van der Waals surface area contributed by atoms with Gasteiger partial charge in [-0.15, -0.1) is 0 Å². The molecule has 0 aliphatic carbocycles. The first-order chi connectivity index (χ1) is 13.1. The van der Waals surface area contributed by atoms with E-state index in [1.807, 2.05) is 25.1 Å². The summed E-state index contributed by atoms with van der Waals surface area (Å²) in [7, 11) is 0. The molecule has 0 aromatic heterocycles.